The van der Waals surface area contributed by atoms with Crippen molar-refractivity contribution in [3.05, 3.63) is 27.3 Å². The van der Waals surface area contributed by atoms with Crippen molar-refractivity contribution in [1.29, 1.82) is 0 Å². The first kappa shape index (κ1) is 16.3. The fourth-order valence-corrected chi connectivity index (χ4v) is 1.95. The van der Waals surface area contributed by atoms with Gasteiger partial charge in [-0.25, -0.2) is 8.78 Å². The molecule has 3 nitrogen and oxygen atoms in total. The van der Waals surface area contributed by atoms with E-state index in [1.807, 2.05) is 0 Å². The van der Waals surface area contributed by atoms with Crippen LogP contribution in [0.3, 0.4) is 0 Å². The van der Waals surface area contributed by atoms with E-state index in [2.05, 4.69) is 5.32 Å². The van der Waals surface area contributed by atoms with Crippen LogP contribution >= 0.6 is 22.6 Å². The van der Waals surface area contributed by atoms with E-state index in [0.717, 1.165) is 37.8 Å². The molecule has 0 fully saturated rings. The normalized spacial score (nSPS) is 10.5. The van der Waals surface area contributed by atoms with Crippen LogP contribution in [0.15, 0.2) is 12.1 Å². The Balaban J connectivity index is 2.40. The zero-order valence-corrected chi connectivity index (χ0v) is 12.7. The van der Waals surface area contributed by atoms with Gasteiger partial charge in [-0.05, 0) is 54.1 Å². The molecule has 6 heteroatoms. The van der Waals surface area contributed by atoms with Gasteiger partial charge in [-0.1, -0.05) is 12.8 Å². The van der Waals surface area contributed by atoms with Gasteiger partial charge < -0.3 is 11.1 Å². The van der Waals surface area contributed by atoms with Gasteiger partial charge in [0.05, 0.1) is 3.57 Å². The Morgan fingerprint density at radius 3 is 2.32 bits per heavy atom. The molecule has 3 N–H and O–H groups in total. The average Bonchev–Trinajstić information content (AvgIpc) is 2.35. The maximum absolute atomic E-state index is 13.3. The minimum Gasteiger partial charge on any atom is -0.330 e. The van der Waals surface area contributed by atoms with Crippen LogP contribution in [0.25, 0.3) is 0 Å². The highest BCUT2D eigenvalue weighted by Gasteiger charge is 2.10. The van der Waals surface area contributed by atoms with Crippen LogP contribution in [0.1, 0.15) is 32.1 Å². The summed E-state index contributed by atoms with van der Waals surface area (Å²) in [5.41, 5.74) is 5.52. The molecular weight excluding hydrogens is 365 g/mol. The van der Waals surface area contributed by atoms with Crippen LogP contribution in [-0.2, 0) is 4.79 Å². The largest absolute Gasteiger partial charge is 0.330 e. The van der Waals surface area contributed by atoms with E-state index in [0.29, 0.717) is 13.0 Å². The fraction of sp³-hybridized carbons (Fsp3) is 0.462. The Hall–Kier alpha value is -0.760. The van der Waals surface area contributed by atoms with Crippen LogP contribution in [0.5, 0.6) is 0 Å². The molecule has 0 saturated heterocycles. The van der Waals surface area contributed by atoms with Crippen molar-refractivity contribution in [1.82, 2.24) is 0 Å². The monoisotopic (exact) mass is 382 g/mol. The molecule has 0 radical (unpaired) electrons. The summed E-state index contributed by atoms with van der Waals surface area (Å²) in [6.45, 7) is 0.660. The van der Waals surface area contributed by atoms with E-state index < -0.39 is 11.6 Å². The number of amides is 1. The van der Waals surface area contributed by atoms with Gasteiger partial charge in [0, 0.05) is 12.1 Å². The van der Waals surface area contributed by atoms with Gasteiger partial charge >= 0.3 is 0 Å². The minimum atomic E-state index is -0.668. The number of nitrogens with two attached hydrogens (primary N) is 1. The molecule has 0 aromatic heterocycles. The highest BCUT2D eigenvalue weighted by Crippen LogP contribution is 2.20. The number of carbonyl (C=O) groups is 1. The SMILES string of the molecule is NCCCCCCC(=O)Nc1cc(F)c(I)c(F)c1. The first-order valence-electron chi connectivity index (χ1n) is 6.19. The Bertz CT molecular complexity index is 418. The van der Waals surface area contributed by atoms with E-state index in [4.69, 9.17) is 5.73 Å². The highest BCUT2D eigenvalue weighted by molar-refractivity contribution is 14.1. The second-order valence-electron chi connectivity index (χ2n) is 4.25. The number of anilines is 1. The van der Waals surface area contributed by atoms with Crippen molar-refractivity contribution < 1.29 is 13.6 Å². The number of unbranched alkanes of at least 4 members (excludes halogenated alkanes) is 3. The van der Waals surface area contributed by atoms with E-state index in [1.54, 1.807) is 22.6 Å². The minimum absolute atomic E-state index is 0.0719. The number of rotatable bonds is 7. The molecule has 19 heavy (non-hydrogen) atoms. The maximum atomic E-state index is 13.3. The summed E-state index contributed by atoms with van der Waals surface area (Å²) >= 11 is 1.58. The number of hydrogen-bond acceptors (Lipinski definition) is 2. The Labute approximate surface area is 125 Å². The van der Waals surface area contributed by atoms with Crippen molar-refractivity contribution in [2.75, 3.05) is 11.9 Å². The summed E-state index contributed by atoms with van der Waals surface area (Å²) in [5.74, 6) is -1.56. The number of hydrogen-bond donors (Lipinski definition) is 2. The summed E-state index contributed by atoms with van der Waals surface area (Å²) in [6.07, 6.45) is 3.98. The van der Waals surface area contributed by atoms with Gasteiger partial charge in [0.2, 0.25) is 5.91 Å². The lowest BCUT2D eigenvalue weighted by Crippen LogP contribution is -2.12. The summed E-state index contributed by atoms with van der Waals surface area (Å²) in [5, 5.41) is 2.49. The molecule has 106 valence electrons. The van der Waals surface area contributed by atoms with Crippen LogP contribution < -0.4 is 11.1 Å². The third-order valence-corrected chi connectivity index (χ3v) is 3.66. The van der Waals surface area contributed by atoms with Crippen LogP contribution in [-0.4, -0.2) is 12.5 Å². The van der Waals surface area contributed by atoms with E-state index >= 15 is 0 Å². The lowest BCUT2D eigenvalue weighted by Gasteiger charge is -2.07. The van der Waals surface area contributed by atoms with Crippen LogP contribution in [0.4, 0.5) is 14.5 Å². The molecule has 0 saturated carbocycles. The topological polar surface area (TPSA) is 55.1 Å². The van der Waals surface area contributed by atoms with E-state index in [9.17, 15) is 13.6 Å². The molecule has 1 aromatic carbocycles. The van der Waals surface area contributed by atoms with Crippen molar-refractivity contribution in [3.8, 4) is 0 Å². The quantitative estimate of drug-likeness (QED) is 0.432. The van der Waals surface area contributed by atoms with Crippen molar-refractivity contribution in [3.63, 3.8) is 0 Å². The van der Waals surface area contributed by atoms with Gasteiger partial charge in [-0.3, -0.25) is 4.79 Å². The van der Waals surface area contributed by atoms with Gasteiger partial charge in [0.15, 0.2) is 0 Å². The summed E-state index contributed by atoms with van der Waals surface area (Å²) in [7, 11) is 0. The molecule has 1 rings (SSSR count). The number of carbonyl (C=O) groups excluding carboxylic acids is 1. The molecule has 0 spiro atoms. The first-order chi connectivity index (χ1) is 9.04. The van der Waals surface area contributed by atoms with E-state index in [-0.39, 0.29) is 15.2 Å². The van der Waals surface area contributed by atoms with Crippen molar-refractivity contribution in [2.45, 2.75) is 32.1 Å². The average molecular weight is 382 g/mol. The van der Waals surface area contributed by atoms with Gasteiger partial charge in [0.25, 0.3) is 0 Å². The molecule has 0 bridgehead atoms. The zero-order valence-electron chi connectivity index (χ0n) is 10.5. The first-order valence-corrected chi connectivity index (χ1v) is 7.27. The predicted octanol–water partition coefficient (Wildman–Crippen LogP) is 3.42. The van der Waals surface area contributed by atoms with Gasteiger partial charge in [-0.2, -0.15) is 0 Å². The number of benzene rings is 1. The highest BCUT2D eigenvalue weighted by atomic mass is 127. The summed E-state index contributed by atoms with van der Waals surface area (Å²) in [4.78, 5) is 11.6. The molecule has 1 amide bonds. The maximum Gasteiger partial charge on any atom is 0.224 e. The molecule has 0 atom stereocenters. The third-order valence-electron chi connectivity index (χ3n) is 2.63. The van der Waals surface area contributed by atoms with Crippen LogP contribution in [0.2, 0.25) is 0 Å². The molecule has 1 aromatic rings. The van der Waals surface area contributed by atoms with Gasteiger partial charge in [-0.15, -0.1) is 0 Å². The van der Waals surface area contributed by atoms with Crippen molar-refractivity contribution >= 4 is 34.2 Å². The lowest BCUT2D eigenvalue weighted by molar-refractivity contribution is -0.116. The molecule has 0 aliphatic heterocycles. The molecule has 0 aliphatic rings. The fourth-order valence-electron chi connectivity index (χ4n) is 1.63. The standard InChI is InChI=1S/C13H17F2IN2O/c14-10-7-9(8-11(15)13(10)16)18-12(19)5-3-1-2-4-6-17/h7-8H,1-6,17H2,(H,18,19). The Morgan fingerprint density at radius 1 is 1.16 bits per heavy atom. The molecular formula is C13H17F2IN2O. The number of nitrogens with one attached hydrogen (secondary N) is 1. The second kappa shape index (κ2) is 8.42. The zero-order chi connectivity index (χ0) is 14.3. The Morgan fingerprint density at radius 2 is 1.74 bits per heavy atom. The smallest absolute Gasteiger partial charge is 0.224 e. The summed E-state index contributed by atoms with van der Waals surface area (Å²) in [6, 6.07) is 2.24. The van der Waals surface area contributed by atoms with Gasteiger partial charge in [0.1, 0.15) is 11.6 Å². The molecule has 0 heterocycles. The lowest BCUT2D eigenvalue weighted by atomic mass is 10.1. The van der Waals surface area contributed by atoms with E-state index in [1.165, 1.54) is 0 Å². The number of halogens is 3. The predicted molar refractivity (Wildman–Crippen MR) is 79.8 cm³/mol. The second-order valence-corrected chi connectivity index (χ2v) is 5.33. The summed E-state index contributed by atoms with van der Waals surface area (Å²) < 4.78 is 26.5. The Kier molecular flexibility index (Phi) is 7.22. The molecule has 0 aliphatic carbocycles. The van der Waals surface area contributed by atoms with Crippen molar-refractivity contribution in [2.24, 2.45) is 5.73 Å². The van der Waals surface area contributed by atoms with Crippen LogP contribution in [0, 0.1) is 15.2 Å². The third kappa shape index (κ3) is 5.82. The molecule has 0 unspecified atom stereocenters.